The van der Waals surface area contributed by atoms with Crippen LogP contribution in [0.15, 0.2) is 78.0 Å². The summed E-state index contributed by atoms with van der Waals surface area (Å²) in [5.41, 5.74) is 2.01. The molecule has 1 saturated carbocycles. The molecule has 0 aliphatic heterocycles. The van der Waals surface area contributed by atoms with Crippen molar-refractivity contribution in [1.29, 1.82) is 0 Å². The molecule has 0 spiro atoms. The van der Waals surface area contributed by atoms with Crippen LogP contribution >= 0.6 is 11.8 Å². The second-order valence-electron chi connectivity index (χ2n) is 6.67. The van der Waals surface area contributed by atoms with Crippen LogP contribution in [-0.2, 0) is 11.2 Å². The van der Waals surface area contributed by atoms with Crippen molar-refractivity contribution in [3.63, 3.8) is 0 Å². The number of carbonyl (C=O) groups is 1. The van der Waals surface area contributed by atoms with E-state index < -0.39 is 0 Å². The molecule has 26 heavy (non-hydrogen) atoms. The average Bonchev–Trinajstić information content (AvgIpc) is 3.20. The Kier molecular flexibility index (Phi) is 4.80. The van der Waals surface area contributed by atoms with Crippen LogP contribution in [-0.4, -0.2) is 27.0 Å². The molecule has 1 heterocycles. The van der Waals surface area contributed by atoms with E-state index in [-0.39, 0.29) is 10.7 Å². The Balaban J connectivity index is 1.29. The van der Waals surface area contributed by atoms with Crippen molar-refractivity contribution in [2.75, 3.05) is 6.54 Å². The zero-order valence-electron chi connectivity index (χ0n) is 14.5. The molecule has 3 aromatic rings. The van der Waals surface area contributed by atoms with Crippen LogP contribution < -0.4 is 5.32 Å². The van der Waals surface area contributed by atoms with Gasteiger partial charge >= 0.3 is 0 Å². The predicted molar refractivity (Wildman–Crippen MR) is 105 cm³/mol. The lowest BCUT2D eigenvalue weighted by molar-refractivity contribution is -0.120. The first-order valence-corrected chi connectivity index (χ1v) is 9.64. The molecular weight excluding hydrogens is 342 g/mol. The lowest BCUT2D eigenvalue weighted by atomic mass is 10.1. The number of benzene rings is 2. The first-order chi connectivity index (χ1) is 12.7. The Morgan fingerprint density at radius 2 is 1.85 bits per heavy atom. The van der Waals surface area contributed by atoms with Gasteiger partial charge < -0.3 is 5.32 Å². The van der Waals surface area contributed by atoms with Gasteiger partial charge in [0.2, 0.25) is 5.91 Å². The summed E-state index contributed by atoms with van der Waals surface area (Å²) in [6.07, 6.45) is 6.38. The Hall–Kier alpha value is -2.53. The fraction of sp³-hybridized carbons (Fsp3) is 0.238. The van der Waals surface area contributed by atoms with Gasteiger partial charge in [-0.2, -0.15) is 5.10 Å². The SMILES string of the molecule is O=C(Cc1ccc(-n2cccn2)cc1)NCC1(Sc2ccccc2)CC1. The van der Waals surface area contributed by atoms with Crippen molar-refractivity contribution >= 4 is 17.7 Å². The second kappa shape index (κ2) is 7.38. The van der Waals surface area contributed by atoms with Crippen molar-refractivity contribution in [1.82, 2.24) is 15.1 Å². The first-order valence-electron chi connectivity index (χ1n) is 8.82. The number of rotatable bonds is 7. The molecular formula is C21H21N3OS. The number of aromatic nitrogens is 2. The zero-order valence-corrected chi connectivity index (χ0v) is 15.3. The number of thioether (sulfide) groups is 1. The molecule has 0 bridgehead atoms. The molecule has 4 nitrogen and oxygen atoms in total. The van der Waals surface area contributed by atoms with Crippen LogP contribution in [0.25, 0.3) is 5.69 Å². The number of carbonyl (C=O) groups excluding carboxylic acids is 1. The largest absolute Gasteiger partial charge is 0.354 e. The van der Waals surface area contributed by atoms with E-state index in [0.717, 1.165) is 30.6 Å². The molecule has 1 aromatic heterocycles. The third-order valence-electron chi connectivity index (χ3n) is 4.56. The third kappa shape index (κ3) is 4.17. The van der Waals surface area contributed by atoms with Gasteiger partial charge in [0.1, 0.15) is 0 Å². The smallest absolute Gasteiger partial charge is 0.224 e. The monoisotopic (exact) mass is 363 g/mol. The van der Waals surface area contributed by atoms with Crippen LogP contribution in [0.1, 0.15) is 18.4 Å². The molecule has 0 radical (unpaired) electrons. The van der Waals surface area contributed by atoms with Crippen LogP contribution in [0.5, 0.6) is 0 Å². The molecule has 1 fully saturated rings. The minimum atomic E-state index is 0.0803. The molecule has 2 aromatic carbocycles. The van der Waals surface area contributed by atoms with Crippen LogP contribution in [0.2, 0.25) is 0 Å². The van der Waals surface area contributed by atoms with Gasteiger partial charge in [0, 0.05) is 28.6 Å². The van der Waals surface area contributed by atoms with E-state index in [4.69, 9.17) is 0 Å². The molecule has 0 unspecified atom stereocenters. The molecule has 5 heteroatoms. The fourth-order valence-electron chi connectivity index (χ4n) is 2.89. The highest BCUT2D eigenvalue weighted by molar-refractivity contribution is 8.01. The molecule has 1 aliphatic rings. The van der Waals surface area contributed by atoms with Crippen LogP contribution in [0.3, 0.4) is 0 Å². The Morgan fingerprint density at radius 1 is 1.08 bits per heavy atom. The minimum Gasteiger partial charge on any atom is -0.354 e. The Bertz CT molecular complexity index is 856. The van der Waals surface area contributed by atoms with Crippen molar-refractivity contribution in [2.24, 2.45) is 0 Å². The molecule has 132 valence electrons. The molecule has 1 N–H and O–H groups in total. The lowest BCUT2D eigenvalue weighted by Gasteiger charge is -2.16. The highest BCUT2D eigenvalue weighted by atomic mass is 32.2. The fourth-order valence-corrected chi connectivity index (χ4v) is 4.13. The van der Waals surface area contributed by atoms with Crippen molar-refractivity contribution in [3.8, 4) is 5.69 Å². The number of nitrogens with zero attached hydrogens (tertiary/aromatic N) is 2. The topological polar surface area (TPSA) is 46.9 Å². The molecule has 0 saturated heterocycles. The summed E-state index contributed by atoms with van der Waals surface area (Å²) >= 11 is 1.88. The number of amides is 1. The van der Waals surface area contributed by atoms with Crippen molar-refractivity contribution < 1.29 is 4.79 Å². The van der Waals surface area contributed by atoms with Gasteiger partial charge in [0.25, 0.3) is 0 Å². The summed E-state index contributed by atoms with van der Waals surface area (Å²) in [5, 5.41) is 7.33. The van der Waals surface area contributed by atoms with E-state index in [0.29, 0.717) is 6.42 Å². The van der Waals surface area contributed by atoms with Crippen molar-refractivity contribution in [2.45, 2.75) is 28.9 Å². The number of hydrogen-bond donors (Lipinski definition) is 1. The number of hydrogen-bond acceptors (Lipinski definition) is 3. The molecule has 4 rings (SSSR count). The van der Waals surface area contributed by atoms with Gasteiger partial charge in [0.05, 0.1) is 12.1 Å². The summed E-state index contributed by atoms with van der Waals surface area (Å²) < 4.78 is 1.99. The summed E-state index contributed by atoms with van der Waals surface area (Å²) in [6, 6.07) is 20.3. The van der Waals surface area contributed by atoms with Gasteiger partial charge in [-0.05, 0) is 48.7 Å². The normalized spacial score (nSPS) is 14.8. The summed E-state index contributed by atoms with van der Waals surface area (Å²) in [5.74, 6) is 0.0803. The summed E-state index contributed by atoms with van der Waals surface area (Å²) in [4.78, 5) is 13.6. The average molecular weight is 363 g/mol. The Labute approximate surface area is 157 Å². The van der Waals surface area contributed by atoms with Crippen LogP contribution in [0, 0.1) is 0 Å². The van der Waals surface area contributed by atoms with Gasteiger partial charge in [0.15, 0.2) is 0 Å². The highest BCUT2D eigenvalue weighted by Gasteiger charge is 2.43. The second-order valence-corrected chi connectivity index (χ2v) is 8.21. The van der Waals surface area contributed by atoms with Crippen molar-refractivity contribution in [3.05, 3.63) is 78.6 Å². The molecule has 1 amide bonds. The molecule has 1 aliphatic carbocycles. The summed E-state index contributed by atoms with van der Waals surface area (Å²) in [7, 11) is 0. The maximum atomic E-state index is 12.3. The predicted octanol–water partition coefficient (Wildman–Crippen LogP) is 3.86. The lowest BCUT2D eigenvalue weighted by Crippen LogP contribution is -2.32. The summed E-state index contributed by atoms with van der Waals surface area (Å²) in [6.45, 7) is 0.733. The van der Waals surface area contributed by atoms with Gasteiger partial charge in [-0.1, -0.05) is 30.3 Å². The van der Waals surface area contributed by atoms with Gasteiger partial charge in [-0.25, -0.2) is 4.68 Å². The standard InChI is InChI=1S/C21H21N3OS/c25-20(15-17-7-9-18(10-8-17)24-14-4-13-23-24)22-16-21(11-12-21)26-19-5-2-1-3-6-19/h1-10,13-14H,11-12,15-16H2,(H,22,25). The van der Waals surface area contributed by atoms with E-state index in [1.165, 1.54) is 4.90 Å². The van der Waals surface area contributed by atoms with E-state index in [2.05, 4.69) is 34.7 Å². The highest BCUT2D eigenvalue weighted by Crippen LogP contribution is 2.51. The Morgan fingerprint density at radius 3 is 2.50 bits per heavy atom. The van der Waals surface area contributed by atoms with E-state index >= 15 is 0 Å². The molecule has 0 atom stereocenters. The minimum absolute atomic E-state index is 0.0803. The first kappa shape index (κ1) is 16.9. The van der Waals surface area contributed by atoms with E-state index in [9.17, 15) is 4.79 Å². The maximum absolute atomic E-state index is 12.3. The third-order valence-corrected chi connectivity index (χ3v) is 6.06. The number of nitrogens with one attached hydrogen (secondary N) is 1. The maximum Gasteiger partial charge on any atom is 0.224 e. The zero-order chi connectivity index (χ0) is 17.8. The van der Waals surface area contributed by atoms with Crippen LogP contribution in [0.4, 0.5) is 0 Å². The van der Waals surface area contributed by atoms with Gasteiger partial charge in [-0.15, -0.1) is 11.8 Å². The quantitative estimate of drug-likeness (QED) is 0.693. The van der Waals surface area contributed by atoms with Gasteiger partial charge in [-0.3, -0.25) is 4.79 Å². The van der Waals surface area contributed by atoms with E-state index in [1.807, 2.05) is 59.0 Å². The van der Waals surface area contributed by atoms with E-state index in [1.54, 1.807) is 6.20 Å².